The number of carbonyl (C=O) groups is 2. The lowest BCUT2D eigenvalue weighted by atomic mass is 9.99. The normalized spacial score (nSPS) is 15.5. The molecule has 0 aromatic heterocycles. The molecule has 1 aliphatic heterocycles. The van der Waals surface area contributed by atoms with Gasteiger partial charge in [0.2, 0.25) is 0 Å². The molecule has 1 saturated heterocycles. The van der Waals surface area contributed by atoms with Gasteiger partial charge in [-0.15, -0.1) is 0 Å². The van der Waals surface area contributed by atoms with Crippen molar-refractivity contribution in [3.05, 3.63) is 65.2 Å². The second-order valence-corrected chi connectivity index (χ2v) is 9.97. The number of ether oxygens (including phenoxy) is 2. The monoisotopic (exact) mass is 481 g/mol. The Hall–Kier alpha value is -3.06. The summed E-state index contributed by atoms with van der Waals surface area (Å²) in [4.78, 5) is 24.0. The maximum Gasteiger partial charge on any atom is 0.407 e. The number of carbonyl (C=O) groups excluding carboxylic acids is 2. The number of nitrogens with zero attached hydrogens (tertiary/aromatic N) is 1. The highest BCUT2D eigenvalue weighted by Gasteiger charge is 2.27. The van der Waals surface area contributed by atoms with Gasteiger partial charge in [0.25, 0.3) is 6.47 Å². The zero-order chi connectivity index (χ0) is 25.1. The summed E-state index contributed by atoms with van der Waals surface area (Å²) in [6.07, 6.45) is 3.10. The zero-order valence-corrected chi connectivity index (χ0v) is 21.2. The largest absolute Gasteiger partial charge is 0.463 e. The van der Waals surface area contributed by atoms with E-state index in [2.05, 4.69) is 38.5 Å². The summed E-state index contributed by atoms with van der Waals surface area (Å²) in [5.74, 6) is 0.708. The number of piperazine rings is 1. The third-order valence-electron chi connectivity index (χ3n) is 5.85. The van der Waals surface area contributed by atoms with E-state index in [0.29, 0.717) is 25.5 Å². The van der Waals surface area contributed by atoms with Gasteiger partial charge in [-0.1, -0.05) is 36.4 Å². The number of rotatable bonds is 8. The van der Waals surface area contributed by atoms with Crippen molar-refractivity contribution in [2.75, 3.05) is 37.6 Å². The number of amides is 1. The number of hydrogen-bond donors (Lipinski definition) is 2. The summed E-state index contributed by atoms with van der Waals surface area (Å²) in [6.45, 7) is 11.3. The first-order valence-electron chi connectivity index (χ1n) is 12.5. The van der Waals surface area contributed by atoms with E-state index in [1.807, 2.05) is 51.1 Å². The Morgan fingerprint density at radius 1 is 1.11 bits per heavy atom. The molecule has 0 radical (unpaired) electrons. The summed E-state index contributed by atoms with van der Waals surface area (Å²) in [5.41, 5.74) is 4.73. The summed E-state index contributed by atoms with van der Waals surface area (Å²) < 4.78 is 9.84. The first kappa shape index (κ1) is 26.5. The molecule has 4 rings (SSSR count). The van der Waals surface area contributed by atoms with Crippen LogP contribution in [0.4, 0.5) is 10.5 Å². The van der Waals surface area contributed by atoms with Crippen molar-refractivity contribution < 1.29 is 19.1 Å². The van der Waals surface area contributed by atoms with E-state index in [-0.39, 0.29) is 6.09 Å². The Morgan fingerprint density at radius 2 is 1.83 bits per heavy atom. The molecule has 2 aromatic carbocycles. The summed E-state index contributed by atoms with van der Waals surface area (Å²) in [6, 6.07) is 16.4. The highest BCUT2D eigenvalue weighted by Crippen LogP contribution is 2.43. The fourth-order valence-corrected chi connectivity index (χ4v) is 4.02. The molecule has 2 aromatic rings. The van der Waals surface area contributed by atoms with Crippen LogP contribution in [-0.4, -0.2) is 50.9 Å². The van der Waals surface area contributed by atoms with Crippen LogP contribution in [0, 0.1) is 0 Å². The smallest absolute Gasteiger partial charge is 0.407 e. The molecule has 7 heteroatoms. The van der Waals surface area contributed by atoms with Crippen LogP contribution in [0.15, 0.2) is 48.5 Å². The molecule has 7 nitrogen and oxygen atoms in total. The molecule has 0 unspecified atom stereocenters. The van der Waals surface area contributed by atoms with Crippen LogP contribution in [0.25, 0.3) is 0 Å². The van der Waals surface area contributed by atoms with E-state index in [9.17, 15) is 9.59 Å². The SMILES string of the molecule is CC(C)(C)OC(=O)NCCc1ccc(N2CCNCC2)cc1C1CC1.O=COCc1ccccc1. The highest BCUT2D eigenvalue weighted by atomic mass is 16.6. The van der Waals surface area contributed by atoms with Gasteiger partial charge >= 0.3 is 6.09 Å². The fraction of sp³-hybridized carbons (Fsp3) is 0.500. The van der Waals surface area contributed by atoms with Crippen LogP contribution in [0.3, 0.4) is 0 Å². The lowest BCUT2D eigenvalue weighted by Crippen LogP contribution is -2.43. The standard InChI is InChI=1S/C20H31N3O2.C8H8O2/c1-20(2,3)25-19(24)22-9-8-16-6-7-17(14-18(16)15-4-5-15)23-12-10-21-11-13-23;9-7-10-6-8-4-2-1-3-5-8/h6-7,14-15,21H,4-5,8-13H2,1-3H3,(H,22,24);1-5,7H,6H2. The van der Waals surface area contributed by atoms with Gasteiger partial charge in [0, 0.05) is 38.4 Å². The van der Waals surface area contributed by atoms with Gasteiger partial charge in [-0.3, -0.25) is 4.79 Å². The molecular formula is C28H39N3O4. The molecule has 1 heterocycles. The number of alkyl carbamates (subject to hydrolysis) is 1. The topological polar surface area (TPSA) is 79.9 Å². The van der Waals surface area contributed by atoms with Crippen LogP contribution in [0.5, 0.6) is 0 Å². The van der Waals surface area contributed by atoms with Crippen LogP contribution in [0.1, 0.15) is 56.2 Å². The first-order chi connectivity index (χ1) is 16.9. The Morgan fingerprint density at radius 3 is 2.46 bits per heavy atom. The second-order valence-electron chi connectivity index (χ2n) is 9.97. The van der Waals surface area contributed by atoms with Gasteiger partial charge in [0.15, 0.2) is 0 Å². The summed E-state index contributed by atoms with van der Waals surface area (Å²) in [5, 5.41) is 6.28. The molecule has 0 spiro atoms. The quantitative estimate of drug-likeness (QED) is 0.544. The van der Waals surface area contributed by atoms with Gasteiger partial charge < -0.3 is 25.0 Å². The number of hydrogen-bond acceptors (Lipinski definition) is 6. The van der Waals surface area contributed by atoms with Crippen LogP contribution in [-0.2, 0) is 27.3 Å². The van der Waals surface area contributed by atoms with Crippen molar-refractivity contribution >= 4 is 18.3 Å². The third kappa shape index (κ3) is 9.61. The predicted molar refractivity (Wildman–Crippen MR) is 139 cm³/mol. The molecule has 1 aliphatic carbocycles. The van der Waals surface area contributed by atoms with Crippen LogP contribution in [0.2, 0.25) is 0 Å². The number of anilines is 1. The molecule has 2 fully saturated rings. The maximum atomic E-state index is 11.8. The van der Waals surface area contributed by atoms with E-state index in [0.717, 1.165) is 38.2 Å². The van der Waals surface area contributed by atoms with Crippen molar-refractivity contribution in [3.63, 3.8) is 0 Å². The summed E-state index contributed by atoms with van der Waals surface area (Å²) in [7, 11) is 0. The van der Waals surface area contributed by atoms with Crippen molar-refractivity contribution in [1.82, 2.24) is 10.6 Å². The Labute approximate surface area is 209 Å². The molecule has 1 amide bonds. The van der Waals surface area contributed by atoms with Gasteiger partial charge in [0.05, 0.1) is 0 Å². The molecule has 2 N–H and O–H groups in total. The van der Waals surface area contributed by atoms with E-state index < -0.39 is 5.60 Å². The Bertz CT molecular complexity index is 933. The minimum absolute atomic E-state index is 0.335. The van der Waals surface area contributed by atoms with E-state index in [1.165, 1.54) is 29.7 Å². The minimum atomic E-state index is -0.450. The second kappa shape index (κ2) is 13.1. The minimum Gasteiger partial charge on any atom is -0.463 e. The predicted octanol–water partition coefficient (Wildman–Crippen LogP) is 4.40. The Kier molecular flexibility index (Phi) is 9.97. The Balaban J connectivity index is 0.000000287. The van der Waals surface area contributed by atoms with Crippen molar-refractivity contribution in [2.45, 2.75) is 58.2 Å². The van der Waals surface area contributed by atoms with E-state index in [1.54, 1.807) is 0 Å². The van der Waals surface area contributed by atoms with Gasteiger partial charge in [-0.25, -0.2) is 4.79 Å². The van der Waals surface area contributed by atoms with Crippen LogP contribution >= 0.6 is 0 Å². The average Bonchev–Trinajstić information content (AvgIpc) is 3.69. The van der Waals surface area contributed by atoms with E-state index >= 15 is 0 Å². The molecule has 190 valence electrons. The number of benzene rings is 2. The third-order valence-corrected chi connectivity index (χ3v) is 5.85. The maximum absolute atomic E-state index is 11.8. The first-order valence-corrected chi connectivity index (χ1v) is 12.5. The molecule has 1 saturated carbocycles. The van der Waals surface area contributed by atoms with Crippen molar-refractivity contribution in [3.8, 4) is 0 Å². The molecule has 2 aliphatic rings. The zero-order valence-electron chi connectivity index (χ0n) is 21.2. The van der Waals surface area contributed by atoms with Crippen molar-refractivity contribution in [1.29, 1.82) is 0 Å². The van der Waals surface area contributed by atoms with Gasteiger partial charge in [0.1, 0.15) is 12.2 Å². The number of nitrogens with one attached hydrogen (secondary N) is 2. The fourth-order valence-electron chi connectivity index (χ4n) is 4.02. The lowest BCUT2D eigenvalue weighted by molar-refractivity contribution is -0.129. The van der Waals surface area contributed by atoms with Gasteiger partial charge in [-0.2, -0.15) is 0 Å². The van der Waals surface area contributed by atoms with Gasteiger partial charge in [-0.05, 0) is 74.8 Å². The summed E-state index contributed by atoms with van der Waals surface area (Å²) >= 11 is 0. The van der Waals surface area contributed by atoms with Crippen molar-refractivity contribution in [2.24, 2.45) is 0 Å². The molecular weight excluding hydrogens is 442 g/mol. The van der Waals surface area contributed by atoms with Crippen LogP contribution < -0.4 is 15.5 Å². The molecule has 0 atom stereocenters. The van der Waals surface area contributed by atoms with E-state index in [4.69, 9.17) is 4.74 Å². The average molecular weight is 482 g/mol. The molecule has 0 bridgehead atoms. The molecule has 35 heavy (non-hydrogen) atoms. The highest BCUT2D eigenvalue weighted by molar-refractivity contribution is 5.67. The lowest BCUT2D eigenvalue weighted by Gasteiger charge is -2.30.